The maximum absolute atomic E-state index is 13.9. The minimum atomic E-state index is -0.139. The lowest BCUT2D eigenvalue weighted by atomic mass is 9.93. The second kappa shape index (κ2) is 11.4. The van der Waals surface area contributed by atoms with Crippen LogP contribution in [0.3, 0.4) is 0 Å². The largest absolute Gasteiger partial charge is 0.351 e. The third kappa shape index (κ3) is 5.08. The van der Waals surface area contributed by atoms with Crippen molar-refractivity contribution in [1.82, 2.24) is 4.98 Å². The molecule has 212 valence electrons. The smallest absolute Gasteiger partial charge is 0.274 e. The Morgan fingerprint density at radius 3 is 2.69 bits per heavy atom. The molecule has 1 fully saturated rings. The zero-order valence-corrected chi connectivity index (χ0v) is 25.5. The lowest BCUT2D eigenvalue weighted by Gasteiger charge is -2.18. The van der Waals surface area contributed by atoms with Crippen molar-refractivity contribution < 1.29 is 9.59 Å². The lowest BCUT2D eigenvalue weighted by molar-refractivity contribution is 0.0983. The number of nitrogens with one attached hydrogen (secondary N) is 2. The van der Waals surface area contributed by atoms with Gasteiger partial charge in [-0.15, -0.1) is 35.1 Å². The Balaban J connectivity index is 1.12. The minimum absolute atomic E-state index is 0.0663. The molecule has 5 aromatic rings. The number of alkyl halides is 1. The third-order valence-corrected chi connectivity index (χ3v) is 11.5. The van der Waals surface area contributed by atoms with Gasteiger partial charge < -0.3 is 15.2 Å². The topological polar surface area (TPSA) is 65.2 Å². The summed E-state index contributed by atoms with van der Waals surface area (Å²) in [6, 6.07) is 25.9. The van der Waals surface area contributed by atoms with Gasteiger partial charge in [0.15, 0.2) is 0 Å². The van der Waals surface area contributed by atoms with Gasteiger partial charge in [-0.05, 0) is 83.3 Å². The van der Waals surface area contributed by atoms with Crippen molar-refractivity contribution in [3.8, 4) is 0 Å². The van der Waals surface area contributed by atoms with E-state index in [1.807, 2.05) is 83.0 Å². The maximum Gasteiger partial charge on any atom is 0.274 e. The standard InChI is InChI=1S/C34H30ClN3O2S2/c1-20-11-31-32(28-8-3-2-7-27(20)28)24(16-35)17-38(31)34(40)30-15-23-14-25(9-10-29(23)37-30)36-33(39)22-6-4-5-21(12-22)13-26-18-41-19-42-26/h2-12,14-15,24,26,37H,13,16-19H2,1H3,(H,36,39)/t24-,26+/m1/s1. The van der Waals surface area contributed by atoms with Crippen LogP contribution in [0.15, 0.2) is 78.9 Å². The number of halogens is 1. The first kappa shape index (κ1) is 27.4. The number of rotatable bonds is 6. The predicted octanol–water partition coefficient (Wildman–Crippen LogP) is 8.21. The summed E-state index contributed by atoms with van der Waals surface area (Å²) in [7, 11) is 0. The molecule has 8 heteroatoms. The van der Waals surface area contributed by atoms with E-state index in [1.54, 1.807) is 0 Å². The predicted molar refractivity (Wildman–Crippen MR) is 179 cm³/mol. The van der Waals surface area contributed by atoms with E-state index in [0.29, 0.717) is 34.6 Å². The van der Waals surface area contributed by atoms with E-state index in [2.05, 4.69) is 41.5 Å². The fraction of sp³-hybridized carbons (Fsp3) is 0.235. The quantitative estimate of drug-likeness (QED) is 0.190. The second-order valence-electron chi connectivity index (χ2n) is 11.1. The number of carbonyl (C=O) groups is 2. The molecule has 0 unspecified atom stereocenters. The van der Waals surface area contributed by atoms with Crippen LogP contribution in [-0.2, 0) is 6.42 Å². The second-order valence-corrected chi connectivity index (χ2v) is 14.1. The van der Waals surface area contributed by atoms with Gasteiger partial charge in [-0.3, -0.25) is 9.59 Å². The SMILES string of the molecule is Cc1cc2c(c3ccccc13)[C@H](CCl)CN2C(=O)c1cc2cc(NC(=O)c3cccc(C[C@H]4CSCS4)c3)ccc2[nH]1. The lowest BCUT2D eigenvalue weighted by Crippen LogP contribution is -2.30. The van der Waals surface area contributed by atoms with E-state index in [0.717, 1.165) is 50.4 Å². The van der Waals surface area contributed by atoms with Crippen molar-refractivity contribution in [3.63, 3.8) is 0 Å². The molecule has 0 spiro atoms. The number of hydrogen-bond acceptors (Lipinski definition) is 4. The molecule has 2 atom stereocenters. The highest BCUT2D eigenvalue weighted by Crippen LogP contribution is 2.43. The Morgan fingerprint density at radius 1 is 1.02 bits per heavy atom. The van der Waals surface area contributed by atoms with Gasteiger partial charge >= 0.3 is 0 Å². The van der Waals surface area contributed by atoms with Gasteiger partial charge in [0.05, 0.1) is 0 Å². The number of nitrogens with zero attached hydrogens (tertiary/aromatic N) is 1. The maximum atomic E-state index is 13.9. The first-order valence-electron chi connectivity index (χ1n) is 14.1. The van der Waals surface area contributed by atoms with Crippen LogP contribution in [0.25, 0.3) is 21.7 Å². The van der Waals surface area contributed by atoms with Gasteiger partial charge in [0.25, 0.3) is 11.8 Å². The molecule has 1 saturated heterocycles. The number of aromatic amines is 1. The van der Waals surface area contributed by atoms with Crippen molar-refractivity contribution in [2.45, 2.75) is 24.5 Å². The van der Waals surface area contributed by atoms with Gasteiger partial charge in [0, 0.05) is 62.3 Å². The molecule has 2 amide bonds. The molecule has 0 radical (unpaired) electrons. The molecule has 0 bridgehead atoms. The molecule has 1 aromatic heterocycles. The van der Waals surface area contributed by atoms with Gasteiger partial charge in [-0.2, -0.15) is 0 Å². The van der Waals surface area contributed by atoms with Gasteiger partial charge in [0.1, 0.15) is 5.69 Å². The van der Waals surface area contributed by atoms with Crippen LogP contribution in [0.2, 0.25) is 0 Å². The minimum Gasteiger partial charge on any atom is -0.351 e. The van der Waals surface area contributed by atoms with Crippen molar-refractivity contribution in [2.75, 3.05) is 33.5 Å². The molecule has 3 heterocycles. The summed E-state index contributed by atoms with van der Waals surface area (Å²) < 4.78 is 0. The molecule has 42 heavy (non-hydrogen) atoms. The first-order chi connectivity index (χ1) is 20.5. The molecular formula is C34H30ClN3O2S2. The van der Waals surface area contributed by atoms with Crippen molar-refractivity contribution in [1.29, 1.82) is 0 Å². The number of benzene rings is 4. The van der Waals surface area contributed by atoms with E-state index >= 15 is 0 Å². The van der Waals surface area contributed by atoms with Gasteiger partial charge in [-0.1, -0.05) is 36.4 Å². The van der Waals surface area contributed by atoms with Crippen LogP contribution in [0.5, 0.6) is 0 Å². The van der Waals surface area contributed by atoms with Crippen molar-refractivity contribution in [3.05, 3.63) is 107 Å². The Kier molecular flexibility index (Phi) is 7.42. The molecule has 0 saturated carbocycles. The molecule has 2 N–H and O–H groups in total. The summed E-state index contributed by atoms with van der Waals surface area (Å²) in [6.07, 6.45) is 0.980. The van der Waals surface area contributed by atoms with Crippen LogP contribution < -0.4 is 10.2 Å². The zero-order chi connectivity index (χ0) is 28.8. The molecular weight excluding hydrogens is 582 g/mol. The number of amides is 2. The summed E-state index contributed by atoms with van der Waals surface area (Å²) in [6.45, 7) is 2.63. The van der Waals surface area contributed by atoms with Crippen LogP contribution in [0, 0.1) is 6.92 Å². The molecule has 4 aromatic carbocycles. The first-order valence-corrected chi connectivity index (χ1v) is 16.8. The number of hydrogen-bond donors (Lipinski definition) is 2. The summed E-state index contributed by atoms with van der Waals surface area (Å²) in [4.78, 5) is 32.1. The normalized spacial score (nSPS) is 18.1. The molecule has 5 nitrogen and oxygen atoms in total. The molecule has 0 aliphatic carbocycles. The highest BCUT2D eigenvalue weighted by atomic mass is 35.5. The Hall–Kier alpha value is -3.39. The highest BCUT2D eigenvalue weighted by molar-refractivity contribution is 8.19. The number of thioether (sulfide) groups is 2. The van der Waals surface area contributed by atoms with Crippen LogP contribution in [0.1, 0.15) is 43.5 Å². The fourth-order valence-corrected chi connectivity index (χ4v) is 9.36. The monoisotopic (exact) mass is 611 g/mol. The summed E-state index contributed by atoms with van der Waals surface area (Å²) in [5.74, 6) is 1.45. The summed E-state index contributed by atoms with van der Waals surface area (Å²) in [5, 5.41) is 8.02. The van der Waals surface area contributed by atoms with Crippen molar-refractivity contribution in [2.24, 2.45) is 0 Å². The van der Waals surface area contributed by atoms with Gasteiger partial charge in [0.2, 0.25) is 0 Å². The average Bonchev–Trinajstić information content (AvgIpc) is 3.76. The zero-order valence-electron chi connectivity index (χ0n) is 23.2. The number of carbonyl (C=O) groups excluding carboxylic acids is 2. The van der Waals surface area contributed by atoms with E-state index in [4.69, 9.17) is 11.6 Å². The number of fused-ring (bicyclic) bond motifs is 4. The Bertz CT molecular complexity index is 1850. The molecule has 7 rings (SSSR count). The van der Waals surface area contributed by atoms with E-state index in [9.17, 15) is 9.59 Å². The number of anilines is 2. The Morgan fingerprint density at radius 2 is 1.88 bits per heavy atom. The van der Waals surface area contributed by atoms with E-state index in [-0.39, 0.29) is 17.7 Å². The third-order valence-electron chi connectivity index (χ3n) is 8.26. The van der Waals surface area contributed by atoms with Crippen LogP contribution in [-0.4, -0.2) is 45.3 Å². The Labute approximate surface area is 258 Å². The van der Waals surface area contributed by atoms with E-state index < -0.39 is 0 Å². The van der Waals surface area contributed by atoms with Gasteiger partial charge in [-0.25, -0.2) is 0 Å². The fourth-order valence-electron chi connectivity index (χ4n) is 6.21. The van der Waals surface area contributed by atoms with E-state index in [1.165, 1.54) is 10.9 Å². The molecule has 2 aliphatic rings. The number of H-pyrrole nitrogens is 1. The summed E-state index contributed by atoms with van der Waals surface area (Å²) in [5.41, 5.74) is 7.09. The van der Waals surface area contributed by atoms with Crippen molar-refractivity contribution >= 4 is 80.0 Å². The number of aromatic nitrogens is 1. The number of aryl methyl sites for hydroxylation is 1. The highest BCUT2D eigenvalue weighted by Gasteiger charge is 2.35. The van der Waals surface area contributed by atoms with Crippen LogP contribution in [0.4, 0.5) is 11.4 Å². The molecule has 2 aliphatic heterocycles. The average molecular weight is 612 g/mol. The van der Waals surface area contributed by atoms with Crippen LogP contribution >= 0.6 is 35.1 Å². The summed E-state index contributed by atoms with van der Waals surface area (Å²) >= 11 is 10.4.